The summed E-state index contributed by atoms with van der Waals surface area (Å²) in [7, 11) is 0. The lowest BCUT2D eigenvalue weighted by atomic mass is 10.2. The van der Waals surface area contributed by atoms with Crippen LogP contribution in [0, 0.1) is 0 Å². The van der Waals surface area contributed by atoms with E-state index >= 15 is 0 Å². The Kier molecular flexibility index (Phi) is 4.83. The van der Waals surface area contributed by atoms with Crippen LogP contribution in [0.25, 0.3) is 0 Å². The summed E-state index contributed by atoms with van der Waals surface area (Å²) in [5, 5.41) is 0. The first-order valence-corrected chi connectivity index (χ1v) is 5.13. The maximum atomic E-state index is 10.9. The third-order valence-corrected chi connectivity index (χ3v) is 2.09. The summed E-state index contributed by atoms with van der Waals surface area (Å²) in [4.78, 5) is 10.9. The predicted octanol–water partition coefficient (Wildman–Crippen LogP) is 1.90. The van der Waals surface area contributed by atoms with E-state index in [4.69, 9.17) is 9.47 Å². The van der Waals surface area contributed by atoms with Crippen molar-refractivity contribution in [2.75, 3.05) is 13.2 Å². The first-order chi connectivity index (χ1) is 6.34. The van der Waals surface area contributed by atoms with Crippen LogP contribution >= 0.6 is 0 Å². The fourth-order valence-corrected chi connectivity index (χ4v) is 1.16. The molecule has 1 heterocycles. The van der Waals surface area contributed by atoms with E-state index in [0.717, 1.165) is 12.8 Å². The summed E-state index contributed by atoms with van der Waals surface area (Å²) in [5.41, 5.74) is 0. The van der Waals surface area contributed by atoms with E-state index in [0.29, 0.717) is 13.2 Å². The molecule has 76 valence electrons. The highest BCUT2D eigenvalue weighted by molar-refractivity contribution is 5.76. The Morgan fingerprint density at radius 2 is 2.08 bits per heavy atom. The van der Waals surface area contributed by atoms with Crippen molar-refractivity contribution in [3.05, 3.63) is 0 Å². The number of epoxide rings is 1. The largest absolute Gasteiger partial charge is 0.464 e. The van der Waals surface area contributed by atoms with E-state index in [1.807, 2.05) is 0 Å². The smallest absolute Gasteiger partial charge is 0.337 e. The number of ether oxygens (including phenoxy) is 2. The zero-order valence-corrected chi connectivity index (χ0v) is 8.25. The van der Waals surface area contributed by atoms with Crippen LogP contribution in [0.15, 0.2) is 0 Å². The monoisotopic (exact) mass is 186 g/mol. The highest BCUT2D eigenvalue weighted by atomic mass is 16.6. The summed E-state index contributed by atoms with van der Waals surface area (Å²) >= 11 is 0. The molecular formula is C10H18O3. The third-order valence-electron chi connectivity index (χ3n) is 2.09. The predicted molar refractivity (Wildman–Crippen MR) is 49.5 cm³/mol. The topological polar surface area (TPSA) is 38.8 Å². The molecule has 1 unspecified atom stereocenters. The molecule has 0 bridgehead atoms. The average molecular weight is 186 g/mol. The zero-order valence-electron chi connectivity index (χ0n) is 8.25. The fraction of sp³-hybridized carbons (Fsp3) is 0.900. The minimum atomic E-state index is -0.240. The number of esters is 1. The first-order valence-electron chi connectivity index (χ1n) is 5.13. The molecule has 0 spiro atoms. The number of carbonyl (C=O) groups excluding carboxylic acids is 1. The van der Waals surface area contributed by atoms with Crippen LogP contribution in [-0.4, -0.2) is 25.3 Å². The first kappa shape index (κ1) is 10.5. The lowest BCUT2D eigenvalue weighted by molar-refractivity contribution is -0.145. The fourth-order valence-electron chi connectivity index (χ4n) is 1.16. The van der Waals surface area contributed by atoms with Crippen LogP contribution in [0.1, 0.15) is 39.0 Å². The molecule has 13 heavy (non-hydrogen) atoms. The third kappa shape index (κ3) is 4.88. The van der Waals surface area contributed by atoms with Gasteiger partial charge in [0.2, 0.25) is 0 Å². The number of carbonyl (C=O) groups is 1. The van der Waals surface area contributed by atoms with Crippen molar-refractivity contribution in [2.45, 2.75) is 45.1 Å². The number of rotatable bonds is 7. The van der Waals surface area contributed by atoms with Gasteiger partial charge in [0.1, 0.15) is 0 Å². The molecule has 1 fully saturated rings. The van der Waals surface area contributed by atoms with Crippen molar-refractivity contribution in [1.29, 1.82) is 0 Å². The van der Waals surface area contributed by atoms with E-state index in [2.05, 4.69) is 6.92 Å². The van der Waals surface area contributed by atoms with Gasteiger partial charge in [-0.2, -0.15) is 0 Å². The Morgan fingerprint density at radius 3 is 2.69 bits per heavy atom. The highest BCUT2D eigenvalue weighted by Crippen LogP contribution is 2.11. The molecule has 0 N–H and O–H groups in total. The summed E-state index contributed by atoms with van der Waals surface area (Å²) < 4.78 is 9.77. The van der Waals surface area contributed by atoms with E-state index in [9.17, 15) is 4.79 Å². The molecule has 1 saturated heterocycles. The van der Waals surface area contributed by atoms with Crippen LogP contribution in [0.4, 0.5) is 0 Å². The van der Waals surface area contributed by atoms with Gasteiger partial charge in [-0.25, -0.2) is 4.79 Å². The van der Waals surface area contributed by atoms with Gasteiger partial charge in [-0.3, -0.25) is 0 Å². The van der Waals surface area contributed by atoms with E-state index in [-0.39, 0.29) is 12.1 Å². The van der Waals surface area contributed by atoms with Crippen LogP contribution < -0.4 is 0 Å². The lowest BCUT2D eigenvalue weighted by Crippen LogP contribution is -2.12. The van der Waals surface area contributed by atoms with Crippen molar-refractivity contribution in [3.8, 4) is 0 Å². The molecule has 3 heteroatoms. The van der Waals surface area contributed by atoms with E-state index in [1.54, 1.807) is 0 Å². The van der Waals surface area contributed by atoms with Gasteiger partial charge in [-0.15, -0.1) is 0 Å². The molecule has 0 aromatic rings. The van der Waals surface area contributed by atoms with Gasteiger partial charge >= 0.3 is 5.97 Å². The van der Waals surface area contributed by atoms with Crippen molar-refractivity contribution in [3.63, 3.8) is 0 Å². The Morgan fingerprint density at radius 1 is 1.38 bits per heavy atom. The molecule has 0 amide bonds. The SMILES string of the molecule is CCCCCCCOC(=O)C1CO1. The molecule has 1 aliphatic heterocycles. The summed E-state index contributed by atoms with van der Waals surface area (Å²) in [5.74, 6) is -0.185. The Bertz CT molecular complexity index is 152. The van der Waals surface area contributed by atoms with E-state index < -0.39 is 0 Å². The van der Waals surface area contributed by atoms with E-state index in [1.165, 1.54) is 19.3 Å². The second-order valence-corrected chi connectivity index (χ2v) is 3.40. The normalized spacial score (nSPS) is 19.9. The number of hydrogen-bond donors (Lipinski definition) is 0. The lowest BCUT2D eigenvalue weighted by Gasteiger charge is -2.01. The van der Waals surface area contributed by atoms with Gasteiger partial charge in [0, 0.05) is 0 Å². The van der Waals surface area contributed by atoms with Gasteiger partial charge in [0.25, 0.3) is 0 Å². The Hall–Kier alpha value is -0.570. The van der Waals surface area contributed by atoms with Crippen LogP contribution in [0.2, 0.25) is 0 Å². The van der Waals surface area contributed by atoms with Gasteiger partial charge in [-0.1, -0.05) is 32.6 Å². The molecule has 1 aliphatic rings. The summed E-state index contributed by atoms with van der Waals surface area (Å²) in [6, 6.07) is 0. The average Bonchev–Trinajstić information content (AvgIpc) is 2.93. The minimum Gasteiger partial charge on any atom is -0.464 e. The van der Waals surface area contributed by atoms with Crippen LogP contribution in [0.5, 0.6) is 0 Å². The van der Waals surface area contributed by atoms with Gasteiger partial charge in [-0.05, 0) is 6.42 Å². The number of hydrogen-bond acceptors (Lipinski definition) is 3. The molecule has 0 radical (unpaired) electrons. The summed E-state index contributed by atoms with van der Waals surface area (Å²) in [6.45, 7) is 3.29. The Balaban J connectivity index is 1.80. The molecule has 3 nitrogen and oxygen atoms in total. The molecule has 0 saturated carbocycles. The van der Waals surface area contributed by atoms with Gasteiger partial charge < -0.3 is 9.47 Å². The molecule has 1 atom stereocenters. The molecular weight excluding hydrogens is 168 g/mol. The molecule has 0 aromatic carbocycles. The van der Waals surface area contributed by atoms with Crippen molar-refractivity contribution in [1.82, 2.24) is 0 Å². The highest BCUT2D eigenvalue weighted by Gasteiger charge is 2.32. The summed E-state index contributed by atoms with van der Waals surface area (Å²) in [6.07, 6.45) is 5.67. The second kappa shape index (κ2) is 5.97. The molecule has 0 aliphatic carbocycles. The van der Waals surface area contributed by atoms with Crippen molar-refractivity contribution < 1.29 is 14.3 Å². The standard InChI is InChI=1S/C10H18O3/c1-2-3-4-5-6-7-12-10(11)9-8-13-9/h9H,2-8H2,1H3. The van der Waals surface area contributed by atoms with Gasteiger partial charge in [0.05, 0.1) is 13.2 Å². The molecule has 0 aromatic heterocycles. The van der Waals surface area contributed by atoms with Gasteiger partial charge in [0.15, 0.2) is 6.10 Å². The van der Waals surface area contributed by atoms with Crippen molar-refractivity contribution >= 4 is 5.97 Å². The maximum Gasteiger partial charge on any atom is 0.337 e. The van der Waals surface area contributed by atoms with Crippen molar-refractivity contribution in [2.24, 2.45) is 0 Å². The zero-order chi connectivity index (χ0) is 9.52. The second-order valence-electron chi connectivity index (χ2n) is 3.40. The maximum absolute atomic E-state index is 10.9. The minimum absolute atomic E-state index is 0.185. The van der Waals surface area contributed by atoms with Crippen LogP contribution in [0.3, 0.4) is 0 Å². The number of unbranched alkanes of at least 4 members (excludes halogenated alkanes) is 4. The molecule has 1 rings (SSSR count). The Labute approximate surface area is 79.4 Å². The quantitative estimate of drug-likeness (QED) is 0.346. The van der Waals surface area contributed by atoms with Crippen LogP contribution in [-0.2, 0) is 14.3 Å².